The molecule has 2 aromatic heterocycles. The summed E-state index contributed by atoms with van der Waals surface area (Å²) in [5.74, 6) is -0.715. The molecule has 3 unspecified atom stereocenters. The molecule has 3 atom stereocenters. The van der Waals surface area contributed by atoms with Gasteiger partial charge in [0.25, 0.3) is 0 Å². The summed E-state index contributed by atoms with van der Waals surface area (Å²) < 4.78 is 5.31. The van der Waals surface area contributed by atoms with Gasteiger partial charge in [0.1, 0.15) is 5.78 Å². The first-order chi connectivity index (χ1) is 13.1. The Morgan fingerprint density at radius 1 is 1.19 bits per heavy atom. The fourth-order valence-electron chi connectivity index (χ4n) is 4.01. The van der Waals surface area contributed by atoms with Gasteiger partial charge in [0.2, 0.25) is 0 Å². The quantitative estimate of drug-likeness (QED) is 0.764. The molecule has 0 aromatic carbocycles. The highest BCUT2D eigenvalue weighted by molar-refractivity contribution is 7.10. The molecule has 1 N–H and O–H groups in total. The molecule has 0 amide bonds. The van der Waals surface area contributed by atoms with Crippen LogP contribution in [0.2, 0.25) is 0 Å². The van der Waals surface area contributed by atoms with Gasteiger partial charge in [0.05, 0.1) is 18.1 Å². The van der Waals surface area contributed by atoms with Gasteiger partial charge in [-0.25, -0.2) is 4.79 Å². The summed E-state index contributed by atoms with van der Waals surface area (Å²) in [6.45, 7) is 4.00. The molecule has 27 heavy (non-hydrogen) atoms. The molecule has 0 radical (unpaired) electrons. The zero-order valence-corrected chi connectivity index (χ0v) is 16.9. The first-order valence-corrected chi connectivity index (χ1v) is 10.8. The average molecular weight is 400 g/mol. The number of allylic oxidation sites excluding steroid dienone is 3. The molecular formula is C21H21NO3S2. The van der Waals surface area contributed by atoms with Crippen molar-refractivity contribution >= 4 is 34.4 Å². The Labute approximate surface area is 166 Å². The largest absolute Gasteiger partial charge is 0.463 e. The van der Waals surface area contributed by atoms with Crippen LogP contribution in [0.3, 0.4) is 0 Å². The van der Waals surface area contributed by atoms with Gasteiger partial charge in [-0.05, 0) is 36.7 Å². The van der Waals surface area contributed by atoms with Crippen molar-refractivity contribution in [3.05, 3.63) is 67.8 Å². The molecule has 6 heteroatoms. The topological polar surface area (TPSA) is 55.4 Å². The van der Waals surface area contributed by atoms with E-state index in [9.17, 15) is 9.59 Å². The third-order valence-corrected chi connectivity index (χ3v) is 7.08. The van der Waals surface area contributed by atoms with Crippen molar-refractivity contribution in [3.63, 3.8) is 0 Å². The first-order valence-electron chi connectivity index (χ1n) is 9.06. The molecule has 4 nitrogen and oxygen atoms in total. The van der Waals surface area contributed by atoms with E-state index in [1.165, 1.54) is 4.88 Å². The molecule has 0 bridgehead atoms. The maximum absolute atomic E-state index is 13.2. The van der Waals surface area contributed by atoms with Crippen molar-refractivity contribution in [1.29, 1.82) is 0 Å². The van der Waals surface area contributed by atoms with Crippen LogP contribution in [0.4, 0.5) is 0 Å². The number of nitrogens with one attached hydrogen (secondary N) is 1. The van der Waals surface area contributed by atoms with Crippen LogP contribution in [0.25, 0.3) is 0 Å². The smallest absolute Gasteiger partial charge is 0.336 e. The summed E-state index contributed by atoms with van der Waals surface area (Å²) in [6.07, 6.45) is 2.64. The zero-order chi connectivity index (χ0) is 19.0. The number of carbonyl (C=O) groups is 2. The summed E-state index contributed by atoms with van der Waals surface area (Å²) >= 11 is 3.25. The molecule has 2 aromatic rings. The van der Waals surface area contributed by atoms with Crippen LogP contribution in [0.5, 0.6) is 0 Å². The Balaban J connectivity index is 1.81. The normalized spacial score (nSPS) is 24.9. The van der Waals surface area contributed by atoms with Crippen LogP contribution in [0, 0.1) is 5.92 Å². The van der Waals surface area contributed by atoms with E-state index in [2.05, 4.69) is 17.5 Å². The van der Waals surface area contributed by atoms with E-state index in [0.717, 1.165) is 16.3 Å². The summed E-state index contributed by atoms with van der Waals surface area (Å²) in [7, 11) is 0. The van der Waals surface area contributed by atoms with Crippen molar-refractivity contribution in [2.45, 2.75) is 32.1 Å². The van der Waals surface area contributed by atoms with E-state index in [0.29, 0.717) is 18.6 Å². The summed E-state index contributed by atoms with van der Waals surface area (Å²) in [5.41, 5.74) is 2.26. The van der Waals surface area contributed by atoms with E-state index in [1.54, 1.807) is 29.6 Å². The number of fused-ring (bicyclic) bond motifs is 1. The number of thiophene rings is 2. The van der Waals surface area contributed by atoms with Crippen LogP contribution in [0.1, 0.15) is 41.9 Å². The van der Waals surface area contributed by atoms with Crippen LogP contribution >= 0.6 is 22.7 Å². The van der Waals surface area contributed by atoms with Crippen molar-refractivity contribution in [3.8, 4) is 0 Å². The van der Waals surface area contributed by atoms with Crippen molar-refractivity contribution in [2.75, 3.05) is 6.61 Å². The van der Waals surface area contributed by atoms with E-state index >= 15 is 0 Å². The third-order valence-electron chi connectivity index (χ3n) is 5.12. The first kappa shape index (κ1) is 18.2. The second-order valence-electron chi connectivity index (χ2n) is 6.77. The van der Waals surface area contributed by atoms with E-state index in [4.69, 9.17) is 4.74 Å². The maximum Gasteiger partial charge on any atom is 0.336 e. The fourth-order valence-corrected chi connectivity index (χ4v) is 5.68. The molecule has 0 saturated heterocycles. The van der Waals surface area contributed by atoms with Gasteiger partial charge in [0.15, 0.2) is 0 Å². The Morgan fingerprint density at radius 2 is 1.89 bits per heavy atom. The van der Waals surface area contributed by atoms with Gasteiger partial charge in [-0.2, -0.15) is 0 Å². The minimum absolute atomic E-state index is 0.0946. The highest BCUT2D eigenvalue weighted by atomic mass is 32.1. The molecule has 0 fully saturated rings. The minimum Gasteiger partial charge on any atom is -0.463 e. The molecule has 140 valence electrons. The lowest BCUT2D eigenvalue weighted by Crippen LogP contribution is -2.41. The number of hydrogen-bond donors (Lipinski definition) is 1. The van der Waals surface area contributed by atoms with Crippen molar-refractivity contribution in [2.24, 2.45) is 5.92 Å². The SMILES string of the molecule is CCOC(=O)C1=C(C)NC2=CC(c3cccs3)CC(=O)C2C1c1cccs1. The average Bonchev–Trinajstić information content (AvgIpc) is 3.34. The van der Waals surface area contributed by atoms with Crippen molar-refractivity contribution < 1.29 is 14.3 Å². The van der Waals surface area contributed by atoms with E-state index in [-0.39, 0.29) is 29.5 Å². The predicted molar refractivity (Wildman–Crippen MR) is 108 cm³/mol. The van der Waals surface area contributed by atoms with E-state index < -0.39 is 0 Å². The molecule has 1 aliphatic carbocycles. The summed E-state index contributed by atoms with van der Waals surface area (Å²) in [5, 5.41) is 7.38. The van der Waals surface area contributed by atoms with Gasteiger partial charge in [-0.3, -0.25) is 4.79 Å². The van der Waals surface area contributed by atoms with Gasteiger partial charge < -0.3 is 10.1 Å². The van der Waals surface area contributed by atoms with Crippen LogP contribution < -0.4 is 5.32 Å². The van der Waals surface area contributed by atoms with Gasteiger partial charge in [-0.15, -0.1) is 22.7 Å². The predicted octanol–water partition coefficient (Wildman–Crippen LogP) is 4.59. The number of rotatable bonds is 4. The van der Waals surface area contributed by atoms with E-state index in [1.807, 2.05) is 35.9 Å². The zero-order valence-electron chi connectivity index (χ0n) is 15.2. The lowest BCUT2D eigenvalue weighted by atomic mass is 9.71. The highest BCUT2D eigenvalue weighted by Gasteiger charge is 2.45. The number of ketones is 1. The Morgan fingerprint density at radius 3 is 2.52 bits per heavy atom. The molecule has 1 aliphatic heterocycles. The second kappa shape index (κ2) is 7.44. The Bertz CT molecular complexity index is 909. The molecule has 0 spiro atoms. The number of hydrogen-bond acceptors (Lipinski definition) is 6. The highest BCUT2D eigenvalue weighted by Crippen LogP contribution is 2.47. The lowest BCUT2D eigenvalue weighted by molar-refractivity contribution is -0.139. The van der Waals surface area contributed by atoms with Gasteiger partial charge >= 0.3 is 5.97 Å². The maximum atomic E-state index is 13.2. The molecule has 2 aliphatic rings. The number of Topliss-reactive ketones (excluding diaryl/α,β-unsaturated/α-hetero) is 1. The molecule has 0 saturated carbocycles. The Hall–Kier alpha value is -2.18. The fraction of sp³-hybridized carbons (Fsp3) is 0.333. The van der Waals surface area contributed by atoms with Crippen molar-refractivity contribution in [1.82, 2.24) is 5.32 Å². The van der Waals surface area contributed by atoms with Crippen LogP contribution in [0.15, 0.2) is 58.1 Å². The lowest BCUT2D eigenvalue weighted by Gasteiger charge is -2.38. The standard InChI is InChI=1S/C21H21NO3S2/c1-3-25-21(24)18-12(2)22-14-10-13(16-6-4-8-26-16)11-15(23)19(14)20(18)17-7-5-9-27-17/h4-10,13,19-20,22H,3,11H2,1-2H3. The summed E-state index contributed by atoms with van der Waals surface area (Å²) in [4.78, 5) is 28.1. The summed E-state index contributed by atoms with van der Waals surface area (Å²) in [6, 6.07) is 8.06. The molecular weight excluding hydrogens is 378 g/mol. The number of esters is 1. The second-order valence-corrected chi connectivity index (χ2v) is 8.73. The number of carbonyl (C=O) groups excluding carboxylic acids is 2. The van der Waals surface area contributed by atoms with Gasteiger partial charge in [0, 0.05) is 39.4 Å². The third kappa shape index (κ3) is 3.28. The Kier molecular flexibility index (Phi) is 5.02. The number of ether oxygens (including phenoxy) is 1. The monoisotopic (exact) mass is 399 g/mol. The molecule has 4 rings (SSSR count). The van der Waals surface area contributed by atoms with Crippen LogP contribution in [-0.2, 0) is 14.3 Å². The molecule has 3 heterocycles. The minimum atomic E-state index is -0.358. The van der Waals surface area contributed by atoms with Crippen LogP contribution in [-0.4, -0.2) is 18.4 Å². The van der Waals surface area contributed by atoms with Gasteiger partial charge in [-0.1, -0.05) is 18.2 Å².